The number of nitrogens with two attached hydrogens (primary N) is 1. The van der Waals surface area contributed by atoms with Crippen LogP contribution in [-0.4, -0.2) is 40.3 Å². The van der Waals surface area contributed by atoms with Crippen molar-refractivity contribution >= 4 is 39.5 Å². The average Bonchev–Trinajstić information content (AvgIpc) is 2.66. The molecule has 1 aliphatic heterocycles. The first-order valence-corrected chi connectivity index (χ1v) is 10.1. The average molecular weight is 411 g/mol. The standard InChI is InChI=1S/C19H22N2O4S.ClH/c1-25-12-13-26(23,24)15-9-7-14(8-10-15)19(22)21-11-3-4-16-17(20)5-2-6-18(16)21;/h2,5-10H,3-4,11-13,20H2,1H3;1H. The van der Waals surface area contributed by atoms with Crippen molar-refractivity contribution in [1.82, 2.24) is 0 Å². The van der Waals surface area contributed by atoms with Crippen molar-refractivity contribution in [3.8, 4) is 0 Å². The Morgan fingerprint density at radius 3 is 2.56 bits per heavy atom. The second-order valence-corrected chi connectivity index (χ2v) is 8.35. The van der Waals surface area contributed by atoms with E-state index in [4.69, 9.17) is 10.5 Å². The highest BCUT2D eigenvalue weighted by Crippen LogP contribution is 2.32. The summed E-state index contributed by atoms with van der Waals surface area (Å²) in [6, 6.07) is 11.6. The van der Waals surface area contributed by atoms with Gasteiger partial charge < -0.3 is 15.4 Å². The van der Waals surface area contributed by atoms with Crippen LogP contribution in [0.4, 0.5) is 11.4 Å². The van der Waals surface area contributed by atoms with Crippen molar-refractivity contribution in [1.29, 1.82) is 0 Å². The number of benzene rings is 2. The number of rotatable bonds is 5. The van der Waals surface area contributed by atoms with Gasteiger partial charge in [0.05, 0.1) is 17.3 Å². The number of amides is 1. The van der Waals surface area contributed by atoms with Crippen molar-refractivity contribution in [3.63, 3.8) is 0 Å². The van der Waals surface area contributed by atoms with Gasteiger partial charge in [-0.15, -0.1) is 12.4 Å². The third-order valence-electron chi connectivity index (χ3n) is 4.55. The summed E-state index contributed by atoms with van der Waals surface area (Å²) in [6.07, 6.45) is 1.69. The monoisotopic (exact) mass is 410 g/mol. The number of carbonyl (C=O) groups excluding carboxylic acids is 1. The molecule has 2 aromatic rings. The van der Waals surface area contributed by atoms with E-state index in [2.05, 4.69) is 0 Å². The molecule has 0 saturated heterocycles. The van der Waals surface area contributed by atoms with Gasteiger partial charge >= 0.3 is 0 Å². The second kappa shape index (κ2) is 8.73. The number of carbonyl (C=O) groups is 1. The maximum Gasteiger partial charge on any atom is 0.258 e. The van der Waals surface area contributed by atoms with Crippen LogP contribution in [0.2, 0.25) is 0 Å². The zero-order valence-electron chi connectivity index (χ0n) is 15.1. The van der Waals surface area contributed by atoms with Gasteiger partial charge in [0.1, 0.15) is 0 Å². The molecule has 0 aliphatic carbocycles. The first-order valence-electron chi connectivity index (χ1n) is 8.45. The molecule has 1 heterocycles. The number of anilines is 2. The molecule has 0 unspecified atom stereocenters. The molecule has 6 nitrogen and oxygen atoms in total. The molecule has 27 heavy (non-hydrogen) atoms. The third kappa shape index (κ3) is 4.43. The number of halogens is 1. The van der Waals surface area contributed by atoms with E-state index >= 15 is 0 Å². The van der Waals surface area contributed by atoms with Crippen LogP contribution < -0.4 is 10.6 Å². The van der Waals surface area contributed by atoms with Crippen molar-refractivity contribution in [2.24, 2.45) is 0 Å². The lowest BCUT2D eigenvalue weighted by Gasteiger charge is -2.30. The number of sulfone groups is 1. The number of fused-ring (bicyclic) bond motifs is 1. The minimum atomic E-state index is -3.41. The molecule has 0 saturated carbocycles. The van der Waals surface area contributed by atoms with Crippen molar-refractivity contribution in [2.75, 3.05) is 36.6 Å². The highest BCUT2D eigenvalue weighted by Gasteiger charge is 2.25. The van der Waals surface area contributed by atoms with Crippen molar-refractivity contribution in [2.45, 2.75) is 17.7 Å². The molecule has 1 aliphatic rings. The highest BCUT2D eigenvalue weighted by molar-refractivity contribution is 7.91. The Bertz CT molecular complexity index is 914. The summed E-state index contributed by atoms with van der Waals surface area (Å²) in [5.74, 6) is -0.243. The highest BCUT2D eigenvalue weighted by atomic mass is 35.5. The Morgan fingerprint density at radius 2 is 1.89 bits per heavy atom. The largest absolute Gasteiger partial charge is 0.398 e. The molecule has 2 N–H and O–H groups in total. The number of ether oxygens (including phenoxy) is 1. The normalized spacial score (nSPS) is 13.6. The summed E-state index contributed by atoms with van der Waals surface area (Å²) >= 11 is 0. The predicted octanol–water partition coefficient (Wildman–Crippen LogP) is 2.70. The molecular formula is C19H23ClN2O4S. The lowest BCUT2D eigenvalue weighted by molar-refractivity contribution is 0.0985. The van der Waals surface area contributed by atoms with E-state index in [-0.39, 0.29) is 35.6 Å². The quantitative estimate of drug-likeness (QED) is 0.765. The Morgan fingerprint density at radius 1 is 1.19 bits per heavy atom. The summed E-state index contributed by atoms with van der Waals surface area (Å²) in [5.41, 5.74) is 9.00. The van der Waals surface area contributed by atoms with Crippen LogP contribution in [0.3, 0.4) is 0 Å². The van der Waals surface area contributed by atoms with E-state index in [1.165, 1.54) is 19.2 Å². The maximum atomic E-state index is 12.9. The summed E-state index contributed by atoms with van der Waals surface area (Å²) in [5, 5.41) is 0. The molecule has 0 fully saturated rings. The number of hydrogen-bond acceptors (Lipinski definition) is 5. The fraction of sp³-hybridized carbons (Fsp3) is 0.316. The minimum Gasteiger partial charge on any atom is -0.398 e. The molecule has 0 spiro atoms. The number of methoxy groups -OCH3 is 1. The summed E-state index contributed by atoms with van der Waals surface area (Å²) < 4.78 is 29.2. The molecule has 2 aromatic carbocycles. The summed E-state index contributed by atoms with van der Waals surface area (Å²) in [7, 11) is -1.95. The van der Waals surface area contributed by atoms with E-state index in [9.17, 15) is 13.2 Å². The van der Waals surface area contributed by atoms with Crippen molar-refractivity contribution < 1.29 is 17.9 Å². The SMILES string of the molecule is COCCS(=O)(=O)c1ccc(C(=O)N2CCCc3c(N)cccc32)cc1.Cl. The van der Waals surface area contributed by atoms with E-state index in [0.717, 1.165) is 24.1 Å². The molecule has 0 atom stereocenters. The number of hydrogen-bond donors (Lipinski definition) is 1. The first kappa shape index (κ1) is 21.2. The topological polar surface area (TPSA) is 89.7 Å². The van der Waals surface area contributed by atoms with Gasteiger partial charge in [-0.25, -0.2) is 8.42 Å². The van der Waals surface area contributed by atoms with Crippen molar-refractivity contribution in [3.05, 3.63) is 53.6 Å². The van der Waals surface area contributed by atoms with Gasteiger partial charge in [-0.3, -0.25) is 4.79 Å². The van der Waals surface area contributed by atoms with Gasteiger partial charge in [0.15, 0.2) is 9.84 Å². The molecule has 8 heteroatoms. The van der Waals surface area contributed by atoms with Gasteiger partial charge in [0.25, 0.3) is 5.91 Å². The van der Waals surface area contributed by atoms with Gasteiger partial charge in [-0.2, -0.15) is 0 Å². The summed E-state index contributed by atoms with van der Waals surface area (Å²) in [4.78, 5) is 14.8. The maximum absolute atomic E-state index is 12.9. The third-order valence-corrected chi connectivity index (χ3v) is 6.24. The Hall–Kier alpha value is -2.09. The van der Waals surface area contributed by atoms with Crippen LogP contribution in [0.5, 0.6) is 0 Å². The molecule has 3 rings (SSSR count). The van der Waals surface area contributed by atoms with Gasteiger partial charge in [-0.05, 0) is 54.8 Å². The molecule has 1 amide bonds. The fourth-order valence-electron chi connectivity index (χ4n) is 3.13. The van der Waals surface area contributed by atoms with Crippen LogP contribution in [0.25, 0.3) is 0 Å². The van der Waals surface area contributed by atoms with E-state index in [1.54, 1.807) is 17.0 Å². The number of nitrogen functional groups attached to an aromatic ring is 1. The van der Waals surface area contributed by atoms with Crippen LogP contribution >= 0.6 is 12.4 Å². The molecular weight excluding hydrogens is 388 g/mol. The van der Waals surface area contributed by atoms with Gasteiger partial charge in [0, 0.05) is 30.6 Å². The van der Waals surface area contributed by atoms with Crippen LogP contribution in [0.1, 0.15) is 22.3 Å². The smallest absolute Gasteiger partial charge is 0.258 e. The van der Waals surface area contributed by atoms with E-state index in [1.807, 2.05) is 18.2 Å². The minimum absolute atomic E-state index is 0. The Labute approximate surface area is 165 Å². The van der Waals surface area contributed by atoms with E-state index < -0.39 is 9.84 Å². The van der Waals surface area contributed by atoms with Crippen LogP contribution in [0, 0.1) is 0 Å². The lowest BCUT2D eigenvalue weighted by Crippen LogP contribution is -2.35. The predicted molar refractivity (Wildman–Crippen MR) is 108 cm³/mol. The molecule has 146 valence electrons. The first-order chi connectivity index (χ1) is 12.4. The van der Waals surface area contributed by atoms with Gasteiger partial charge in [-0.1, -0.05) is 6.07 Å². The second-order valence-electron chi connectivity index (χ2n) is 6.24. The molecule has 0 radical (unpaired) electrons. The van der Waals surface area contributed by atoms with Crippen LogP contribution in [-0.2, 0) is 21.0 Å². The van der Waals surface area contributed by atoms with E-state index in [0.29, 0.717) is 17.8 Å². The zero-order chi connectivity index (χ0) is 18.7. The van der Waals surface area contributed by atoms with Crippen LogP contribution in [0.15, 0.2) is 47.4 Å². The number of nitrogens with zero attached hydrogens (tertiary/aromatic N) is 1. The lowest BCUT2D eigenvalue weighted by atomic mass is 9.99. The molecule has 0 aromatic heterocycles. The Kier molecular flexibility index (Phi) is 6.86. The molecule has 0 bridgehead atoms. The summed E-state index contributed by atoms with van der Waals surface area (Å²) in [6.45, 7) is 0.748. The van der Waals surface area contributed by atoms with Gasteiger partial charge in [0.2, 0.25) is 0 Å². The fourth-order valence-corrected chi connectivity index (χ4v) is 4.31. The zero-order valence-corrected chi connectivity index (χ0v) is 16.7. The Balaban J connectivity index is 0.00000261.